The van der Waals surface area contributed by atoms with Crippen LogP contribution >= 0.6 is 0 Å². The Balaban J connectivity index is 1.65. The van der Waals surface area contributed by atoms with Crippen LogP contribution in [0.1, 0.15) is 21.6 Å². The molecule has 2 N–H and O–H groups in total. The van der Waals surface area contributed by atoms with E-state index in [-0.39, 0.29) is 53.0 Å². The zero-order valence-electron chi connectivity index (χ0n) is 17.4. The molecular formula is C22H18F3N3O5S. The van der Waals surface area contributed by atoms with Gasteiger partial charge in [0.25, 0.3) is 15.9 Å². The molecule has 34 heavy (non-hydrogen) atoms. The molecule has 0 spiro atoms. The Hall–Kier alpha value is -3.64. The lowest BCUT2D eigenvalue weighted by molar-refractivity contribution is -0.137. The van der Waals surface area contributed by atoms with E-state index in [1.165, 1.54) is 36.5 Å². The maximum absolute atomic E-state index is 13.4. The van der Waals surface area contributed by atoms with E-state index in [0.717, 1.165) is 28.6 Å². The normalized spacial score (nSPS) is 15.1. The first kappa shape index (κ1) is 23.5. The predicted octanol–water partition coefficient (Wildman–Crippen LogP) is 3.43. The summed E-state index contributed by atoms with van der Waals surface area (Å²) in [5, 5.41) is 11.8. The van der Waals surface area contributed by atoms with E-state index in [0.29, 0.717) is 0 Å². The molecule has 0 saturated carbocycles. The summed E-state index contributed by atoms with van der Waals surface area (Å²) in [6, 6.07) is 10.7. The van der Waals surface area contributed by atoms with Crippen LogP contribution in [0.25, 0.3) is 0 Å². The van der Waals surface area contributed by atoms with Gasteiger partial charge in [-0.1, -0.05) is 0 Å². The van der Waals surface area contributed by atoms with Gasteiger partial charge in [0.2, 0.25) is 0 Å². The summed E-state index contributed by atoms with van der Waals surface area (Å²) in [4.78, 5) is 16.2. The van der Waals surface area contributed by atoms with Crippen LogP contribution in [0.15, 0.2) is 65.7 Å². The standard InChI is InChI=1S/C22H18F3N3O5S/c23-22(24,25)15-1-4-18(5-2-15)28-9-10-33-19-6-3-16(12-20(19)34(28,31)32)27-21(30)14-7-8-26-17(11-14)13-29/h1-8,11-12,29H,9-10,13H2,(H,27,30). The van der Waals surface area contributed by atoms with E-state index < -0.39 is 27.7 Å². The molecular weight excluding hydrogens is 475 g/mol. The van der Waals surface area contributed by atoms with Gasteiger partial charge in [-0.15, -0.1) is 0 Å². The molecule has 178 valence electrons. The summed E-state index contributed by atoms with van der Waals surface area (Å²) in [5.74, 6) is -0.498. The summed E-state index contributed by atoms with van der Waals surface area (Å²) >= 11 is 0. The molecule has 0 saturated heterocycles. The van der Waals surface area contributed by atoms with Gasteiger partial charge in [-0.3, -0.25) is 14.1 Å². The molecule has 0 aliphatic carbocycles. The van der Waals surface area contributed by atoms with Gasteiger partial charge in [0.1, 0.15) is 17.3 Å². The van der Waals surface area contributed by atoms with Crippen molar-refractivity contribution in [3.8, 4) is 5.75 Å². The number of sulfonamides is 1. The van der Waals surface area contributed by atoms with Crippen LogP contribution in [-0.2, 0) is 22.8 Å². The highest BCUT2D eigenvalue weighted by atomic mass is 32.2. The van der Waals surface area contributed by atoms with Gasteiger partial charge in [0.05, 0.1) is 30.1 Å². The lowest BCUT2D eigenvalue weighted by Crippen LogP contribution is -2.32. The first-order valence-electron chi connectivity index (χ1n) is 9.93. The van der Waals surface area contributed by atoms with Crippen molar-refractivity contribution < 1.29 is 36.2 Å². The minimum atomic E-state index is -4.55. The first-order chi connectivity index (χ1) is 16.1. The SMILES string of the molecule is O=C(Nc1ccc2c(c1)S(=O)(=O)N(c1ccc(C(F)(F)F)cc1)CCO2)c1ccnc(CO)c1. The Kier molecular flexibility index (Phi) is 6.19. The number of rotatable bonds is 4. The minimum Gasteiger partial charge on any atom is -0.490 e. The van der Waals surface area contributed by atoms with Crippen LogP contribution in [-0.4, -0.2) is 37.6 Å². The lowest BCUT2D eigenvalue weighted by atomic mass is 10.2. The summed E-state index contributed by atoms with van der Waals surface area (Å²) < 4.78 is 71.9. The topological polar surface area (TPSA) is 109 Å². The number of carbonyl (C=O) groups is 1. The number of ether oxygens (including phenoxy) is 1. The van der Waals surface area contributed by atoms with Gasteiger partial charge in [0.15, 0.2) is 0 Å². The molecule has 2 aromatic carbocycles. The smallest absolute Gasteiger partial charge is 0.416 e. The molecule has 1 amide bonds. The molecule has 8 nitrogen and oxygen atoms in total. The maximum Gasteiger partial charge on any atom is 0.416 e. The Bertz CT molecular complexity index is 1330. The van der Waals surface area contributed by atoms with Crippen molar-refractivity contribution in [3.63, 3.8) is 0 Å². The van der Waals surface area contributed by atoms with Gasteiger partial charge < -0.3 is 15.2 Å². The fourth-order valence-electron chi connectivity index (χ4n) is 3.38. The highest BCUT2D eigenvalue weighted by molar-refractivity contribution is 7.93. The number of nitrogens with zero attached hydrogens (tertiary/aromatic N) is 2. The second-order valence-corrected chi connectivity index (χ2v) is 9.11. The summed E-state index contributed by atoms with van der Waals surface area (Å²) in [6.45, 7) is -0.500. The molecule has 0 unspecified atom stereocenters. The highest BCUT2D eigenvalue weighted by Crippen LogP contribution is 2.36. The molecule has 4 rings (SSSR count). The van der Waals surface area contributed by atoms with Crippen molar-refractivity contribution in [1.82, 2.24) is 4.98 Å². The number of aliphatic hydroxyl groups excluding tert-OH is 1. The van der Waals surface area contributed by atoms with Crippen molar-refractivity contribution in [3.05, 3.63) is 77.6 Å². The van der Waals surface area contributed by atoms with E-state index in [2.05, 4.69) is 10.3 Å². The number of pyridine rings is 1. The van der Waals surface area contributed by atoms with Gasteiger partial charge in [-0.25, -0.2) is 8.42 Å². The van der Waals surface area contributed by atoms with E-state index in [4.69, 9.17) is 4.74 Å². The number of hydrogen-bond donors (Lipinski definition) is 2. The molecule has 1 aliphatic heterocycles. The average Bonchev–Trinajstić information content (AvgIpc) is 2.94. The second-order valence-electron chi connectivity index (χ2n) is 7.28. The number of alkyl halides is 3. The molecule has 0 fully saturated rings. The number of aliphatic hydroxyl groups is 1. The molecule has 0 radical (unpaired) electrons. The van der Waals surface area contributed by atoms with Crippen LogP contribution in [0.2, 0.25) is 0 Å². The van der Waals surface area contributed by atoms with E-state index >= 15 is 0 Å². The molecule has 1 aromatic heterocycles. The number of benzene rings is 2. The third kappa shape index (κ3) is 4.68. The Labute approximate surface area is 192 Å². The van der Waals surface area contributed by atoms with E-state index in [1.807, 2.05) is 0 Å². The first-order valence-corrected chi connectivity index (χ1v) is 11.4. The van der Waals surface area contributed by atoms with Crippen molar-refractivity contribution in [2.24, 2.45) is 0 Å². The predicted molar refractivity (Wildman–Crippen MR) is 116 cm³/mol. The van der Waals surface area contributed by atoms with Crippen LogP contribution in [0.3, 0.4) is 0 Å². The van der Waals surface area contributed by atoms with Crippen molar-refractivity contribution in [2.45, 2.75) is 17.7 Å². The molecule has 0 atom stereocenters. The van der Waals surface area contributed by atoms with Crippen molar-refractivity contribution in [2.75, 3.05) is 22.8 Å². The van der Waals surface area contributed by atoms with Gasteiger partial charge in [-0.05, 0) is 54.6 Å². The van der Waals surface area contributed by atoms with Crippen LogP contribution in [0.4, 0.5) is 24.5 Å². The summed E-state index contributed by atoms with van der Waals surface area (Å²) in [7, 11) is -4.22. The third-order valence-corrected chi connectivity index (χ3v) is 6.89. The number of carbonyl (C=O) groups excluding carboxylic acids is 1. The van der Waals surface area contributed by atoms with Gasteiger partial charge >= 0.3 is 6.18 Å². The average molecular weight is 493 g/mol. The fourth-order valence-corrected chi connectivity index (χ4v) is 4.99. The number of aromatic nitrogens is 1. The Morgan fingerprint density at radius 3 is 2.53 bits per heavy atom. The lowest BCUT2D eigenvalue weighted by Gasteiger charge is -2.22. The minimum absolute atomic E-state index is 0.0279. The molecule has 12 heteroatoms. The maximum atomic E-state index is 13.4. The van der Waals surface area contributed by atoms with Crippen LogP contribution in [0.5, 0.6) is 5.75 Å². The summed E-state index contributed by atoms with van der Waals surface area (Å²) in [5.41, 5.74) is -0.192. The van der Waals surface area contributed by atoms with E-state index in [1.54, 1.807) is 0 Å². The quantitative estimate of drug-likeness (QED) is 0.577. The third-order valence-electron chi connectivity index (χ3n) is 5.04. The Morgan fingerprint density at radius 1 is 1.12 bits per heavy atom. The fraction of sp³-hybridized carbons (Fsp3) is 0.182. The van der Waals surface area contributed by atoms with Crippen molar-refractivity contribution in [1.29, 1.82) is 0 Å². The van der Waals surface area contributed by atoms with E-state index in [9.17, 15) is 31.5 Å². The van der Waals surface area contributed by atoms with Crippen LogP contribution < -0.4 is 14.4 Å². The number of halogens is 3. The zero-order valence-corrected chi connectivity index (χ0v) is 18.2. The number of nitrogens with one attached hydrogen (secondary N) is 1. The number of anilines is 2. The summed E-state index contributed by atoms with van der Waals surface area (Å²) in [6.07, 6.45) is -3.19. The van der Waals surface area contributed by atoms with Crippen LogP contribution in [0, 0.1) is 0 Å². The Morgan fingerprint density at radius 2 is 1.85 bits per heavy atom. The van der Waals surface area contributed by atoms with Crippen molar-refractivity contribution >= 4 is 27.3 Å². The highest BCUT2D eigenvalue weighted by Gasteiger charge is 2.33. The van der Waals surface area contributed by atoms with Gasteiger partial charge in [-0.2, -0.15) is 13.2 Å². The largest absolute Gasteiger partial charge is 0.490 e. The molecule has 2 heterocycles. The second kappa shape index (κ2) is 8.95. The number of fused-ring (bicyclic) bond motifs is 1. The number of amides is 1. The molecule has 1 aliphatic rings. The number of hydrogen-bond acceptors (Lipinski definition) is 6. The van der Waals surface area contributed by atoms with Gasteiger partial charge in [0, 0.05) is 17.4 Å². The monoisotopic (exact) mass is 493 g/mol. The zero-order chi connectivity index (χ0) is 24.5. The molecule has 0 bridgehead atoms. The molecule has 3 aromatic rings.